The normalized spacial score (nSPS) is 4.50. The van der Waals surface area contributed by atoms with Gasteiger partial charge in [0.15, 0.2) is 0 Å². The van der Waals surface area contributed by atoms with Crippen LogP contribution in [-0.4, -0.2) is 9.79 Å². The van der Waals surface area contributed by atoms with E-state index in [0.717, 1.165) is 0 Å². The van der Waals surface area contributed by atoms with Crippen LogP contribution in [0.4, 0.5) is 0 Å². The van der Waals surface area contributed by atoms with Crippen LogP contribution in [0.25, 0.3) is 0 Å². The Balaban J connectivity index is 0. The quantitative estimate of drug-likeness (QED) is 0.376. The third-order valence-corrected chi connectivity index (χ3v) is 0. The second-order valence-electron chi connectivity index (χ2n) is 0.100. The van der Waals surface area contributed by atoms with Crippen molar-refractivity contribution in [2.45, 2.75) is 0 Å². The summed E-state index contributed by atoms with van der Waals surface area (Å²) in [5.41, 5.74) is 0. The van der Waals surface area contributed by atoms with E-state index < -0.39 is 9.03 Å². The molecule has 0 bridgehead atoms. The molecule has 0 spiro atoms. The molecule has 0 rings (SSSR count). The topological polar surface area (TPSA) is 40.5 Å². The van der Waals surface area contributed by atoms with Gasteiger partial charge >= 0.3 is 0 Å². The van der Waals surface area contributed by atoms with E-state index in [0.29, 0.717) is 0 Å². The van der Waals surface area contributed by atoms with Gasteiger partial charge in [0.25, 0.3) is 0 Å². The van der Waals surface area contributed by atoms with Crippen molar-refractivity contribution in [1.82, 2.24) is 0 Å². The second-order valence-corrected chi connectivity index (χ2v) is 0.300. The first-order chi connectivity index (χ1) is 1.41. The first-order valence-corrected chi connectivity index (χ1v) is 1.34. The van der Waals surface area contributed by atoms with Gasteiger partial charge in [-0.2, -0.15) is 0 Å². The fourth-order valence-electron chi connectivity index (χ4n) is 0. The minimum absolute atomic E-state index is 0. The molecule has 0 saturated heterocycles. The van der Waals surface area contributed by atoms with Crippen LogP contribution >= 0.6 is 9.03 Å². The predicted octanol–water partition coefficient (Wildman–Crippen LogP) is -0.523. The standard InChI is InChI=1S/H3O2P.Ru/c1-3-2;/h1-3H;. The van der Waals surface area contributed by atoms with Crippen molar-refractivity contribution >= 4 is 9.03 Å². The number of hydrogen-bond acceptors (Lipinski definition) is 2. The summed E-state index contributed by atoms with van der Waals surface area (Å²) in [5.74, 6) is 0. The summed E-state index contributed by atoms with van der Waals surface area (Å²) >= 11 is 0. The molecule has 0 aromatic carbocycles. The molecule has 0 heterocycles. The zero-order valence-electron chi connectivity index (χ0n) is 1.75. The summed E-state index contributed by atoms with van der Waals surface area (Å²) in [6.45, 7) is 0. The summed E-state index contributed by atoms with van der Waals surface area (Å²) in [4.78, 5) is 14.3. The molecule has 4 heteroatoms. The molecule has 0 aromatic heterocycles. The predicted molar refractivity (Wildman–Crippen MR) is 12.8 cm³/mol. The van der Waals surface area contributed by atoms with Crippen molar-refractivity contribution in [3.05, 3.63) is 0 Å². The molecule has 2 nitrogen and oxygen atoms in total. The maximum Gasteiger partial charge on any atom is 0.149 e. The Labute approximate surface area is 38.9 Å². The zero-order valence-corrected chi connectivity index (χ0v) is 4.49. The van der Waals surface area contributed by atoms with Gasteiger partial charge in [-0.3, -0.25) is 0 Å². The van der Waals surface area contributed by atoms with Crippen molar-refractivity contribution in [3.63, 3.8) is 0 Å². The average molecular weight is 167 g/mol. The molecular formula is H3O2PRu. The largest absolute Gasteiger partial charge is 0.352 e. The SMILES string of the molecule is OPO.[Ru]. The van der Waals surface area contributed by atoms with Crippen molar-refractivity contribution in [3.8, 4) is 0 Å². The molecule has 4 heavy (non-hydrogen) atoms. The van der Waals surface area contributed by atoms with Crippen molar-refractivity contribution in [2.24, 2.45) is 0 Å². The fourth-order valence-corrected chi connectivity index (χ4v) is 0. The number of hydrogen-bond donors (Lipinski definition) is 2. The summed E-state index contributed by atoms with van der Waals surface area (Å²) in [5, 5.41) is 0. The smallest absolute Gasteiger partial charge is 0.149 e. The molecule has 0 aliphatic rings. The van der Waals surface area contributed by atoms with Crippen LogP contribution in [0.1, 0.15) is 0 Å². The summed E-state index contributed by atoms with van der Waals surface area (Å²) in [7, 11) is -0.917. The second kappa shape index (κ2) is 9.02. The van der Waals surface area contributed by atoms with Crippen LogP contribution in [0.5, 0.6) is 0 Å². The molecule has 0 unspecified atom stereocenters. The van der Waals surface area contributed by atoms with Crippen LogP contribution in [0.15, 0.2) is 0 Å². The van der Waals surface area contributed by atoms with E-state index in [-0.39, 0.29) is 19.5 Å². The first-order valence-electron chi connectivity index (χ1n) is 0.447. The van der Waals surface area contributed by atoms with Crippen molar-refractivity contribution in [2.75, 3.05) is 0 Å². The van der Waals surface area contributed by atoms with Crippen molar-refractivity contribution in [1.29, 1.82) is 0 Å². The molecule has 2 N–H and O–H groups in total. The third kappa shape index (κ3) is 12.2. The van der Waals surface area contributed by atoms with E-state index in [2.05, 4.69) is 0 Å². The fraction of sp³-hybridized carbons (Fsp3) is 0. The minimum atomic E-state index is -0.917. The molecule has 0 amide bonds. The summed E-state index contributed by atoms with van der Waals surface area (Å²) < 4.78 is 0. The van der Waals surface area contributed by atoms with Crippen LogP contribution < -0.4 is 0 Å². The Morgan fingerprint density at radius 2 is 1.25 bits per heavy atom. The monoisotopic (exact) mass is 168 g/mol. The Morgan fingerprint density at radius 1 is 1.25 bits per heavy atom. The van der Waals surface area contributed by atoms with Gasteiger partial charge in [0.2, 0.25) is 0 Å². The first kappa shape index (κ1) is 8.88. The Kier molecular flexibility index (Phi) is 20.0. The summed E-state index contributed by atoms with van der Waals surface area (Å²) in [6, 6.07) is 0. The molecule has 0 radical (unpaired) electrons. The van der Waals surface area contributed by atoms with E-state index in [9.17, 15) is 0 Å². The Morgan fingerprint density at radius 3 is 1.25 bits per heavy atom. The molecule has 0 aliphatic carbocycles. The van der Waals surface area contributed by atoms with Gasteiger partial charge in [-0.1, -0.05) is 0 Å². The Bertz CT molecular complexity index is 6.00. The zero-order chi connectivity index (χ0) is 2.71. The molecule has 0 aromatic rings. The van der Waals surface area contributed by atoms with Gasteiger partial charge in [-0.05, 0) is 0 Å². The van der Waals surface area contributed by atoms with Crippen LogP contribution in [0.3, 0.4) is 0 Å². The van der Waals surface area contributed by atoms with Gasteiger partial charge in [0, 0.05) is 19.5 Å². The number of rotatable bonds is 0. The molecule has 0 atom stereocenters. The maximum atomic E-state index is 7.15. The van der Waals surface area contributed by atoms with E-state index in [4.69, 9.17) is 9.79 Å². The van der Waals surface area contributed by atoms with Gasteiger partial charge in [-0.25, -0.2) is 0 Å². The maximum absolute atomic E-state index is 7.15. The molecule has 0 aliphatic heterocycles. The van der Waals surface area contributed by atoms with Crippen molar-refractivity contribution < 1.29 is 29.3 Å². The van der Waals surface area contributed by atoms with Crippen LogP contribution in [-0.2, 0) is 19.5 Å². The molecule has 28 valence electrons. The van der Waals surface area contributed by atoms with Gasteiger partial charge in [-0.15, -0.1) is 0 Å². The molecular weight excluding hydrogens is 164 g/mol. The van der Waals surface area contributed by atoms with E-state index >= 15 is 0 Å². The molecule has 0 fully saturated rings. The van der Waals surface area contributed by atoms with E-state index in [1.807, 2.05) is 0 Å². The van der Waals surface area contributed by atoms with Gasteiger partial charge < -0.3 is 9.79 Å². The van der Waals surface area contributed by atoms with E-state index in [1.54, 1.807) is 0 Å². The van der Waals surface area contributed by atoms with Crippen LogP contribution in [0.2, 0.25) is 0 Å². The average Bonchev–Trinajstić information content (AvgIpc) is 0.918. The van der Waals surface area contributed by atoms with E-state index in [1.165, 1.54) is 0 Å². The Hall–Kier alpha value is 0.973. The minimum Gasteiger partial charge on any atom is -0.352 e. The van der Waals surface area contributed by atoms with Gasteiger partial charge in [0.1, 0.15) is 9.03 Å². The van der Waals surface area contributed by atoms with Crippen LogP contribution in [0, 0.1) is 0 Å². The van der Waals surface area contributed by atoms with Gasteiger partial charge in [0.05, 0.1) is 0 Å². The summed E-state index contributed by atoms with van der Waals surface area (Å²) in [6.07, 6.45) is 0. The third-order valence-electron chi connectivity index (χ3n) is 0. The molecule has 0 saturated carbocycles.